The van der Waals surface area contributed by atoms with Crippen LogP contribution in [0.25, 0.3) is 11.3 Å². The van der Waals surface area contributed by atoms with Gasteiger partial charge in [-0.15, -0.1) is 0 Å². The van der Waals surface area contributed by atoms with Gasteiger partial charge in [0.2, 0.25) is 0 Å². The lowest BCUT2D eigenvalue weighted by Crippen LogP contribution is -2.42. The van der Waals surface area contributed by atoms with Crippen LogP contribution >= 0.6 is 0 Å². The number of aromatic nitrogens is 2. The average molecular weight is 232 g/mol. The molecule has 1 aliphatic rings. The SMILES string of the molecule is c1cc(-c2oncc2CN2CCNCC2)c[nH]1. The summed E-state index contributed by atoms with van der Waals surface area (Å²) in [6, 6.07) is 2.00. The van der Waals surface area contributed by atoms with Crippen LogP contribution < -0.4 is 5.32 Å². The maximum atomic E-state index is 5.34. The molecule has 0 saturated carbocycles. The first-order valence-electron chi connectivity index (χ1n) is 5.93. The van der Waals surface area contributed by atoms with Crippen LogP contribution in [-0.2, 0) is 6.54 Å². The molecule has 0 unspecified atom stereocenters. The second-order valence-electron chi connectivity index (χ2n) is 4.31. The van der Waals surface area contributed by atoms with E-state index in [2.05, 4.69) is 20.4 Å². The molecule has 1 fully saturated rings. The van der Waals surface area contributed by atoms with Gasteiger partial charge in [-0.2, -0.15) is 0 Å². The van der Waals surface area contributed by atoms with E-state index in [9.17, 15) is 0 Å². The van der Waals surface area contributed by atoms with Crippen molar-refractivity contribution in [1.82, 2.24) is 20.4 Å². The standard InChI is InChI=1S/C12H16N4O/c1-2-14-7-10(1)12-11(8-15-17-12)9-16-5-3-13-4-6-16/h1-2,7-8,13-14H,3-6,9H2. The molecular formula is C12H16N4O. The highest BCUT2D eigenvalue weighted by Crippen LogP contribution is 2.24. The van der Waals surface area contributed by atoms with Crippen LogP contribution in [-0.4, -0.2) is 41.2 Å². The number of piperazine rings is 1. The zero-order chi connectivity index (χ0) is 11.5. The largest absolute Gasteiger partial charge is 0.367 e. The topological polar surface area (TPSA) is 57.1 Å². The lowest BCUT2D eigenvalue weighted by molar-refractivity contribution is 0.233. The van der Waals surface area contributed by atoms with Crippen LogP contribution in [0, 0.1) is 0 Å². The van der Waals surface area contributed by atoms with E-state index < -0.39 is 0 Å². The highest BCUT2D eigenvalue weighted by molar-refractivity contribution is 5.59. The number of rotatable bonds is 3. The van der Waals surface area contributed by atoms with E-state index in [1.165, 1.54) is 0 Å². The first-order valence-corrected chi connectivity index (χ1v) is 5.93. The van der Waals surface area contributed by atoms with E-state index in [-0.39, 0.29) is 0 Å². The molecule has 0 bridgehead atoms. The summed E-state index contributed by atoms with van der Waals surface area (Å²) in [4.78, 5) is 5.45. The molecule has 1 saturated heterocycles. The molecule has 0 radical (unpaired) electrons. The van der Waals surface area contributed by atoms with E-state index in [0.29, 0.717) is 0 Å². The Morgan fingerprint density at radius 2 is 2.24 bits per heavy atom. The second kappa shape index (κ2) is 4.73. The summed E-state index contributed by atoms with van der Waals surface area (Å²) >= 11 is 0. The molecule has 5 nitrogen and oxygen atoms in total. The number of aromatic amines is 1. The average Bonchev–Trinajstić information content (AvgIpc) is 3.00. The van der Waals surface area contributed by atoms with Crippen molar-refractivity contribution in [3.05, 3.63) is 30.2 Å². The van der Waals surface area contributed by atoms with Crippen molar-refractivity contribution in [3.63, 3.8) is 0 Å². The Morgan fingerprint density at radius 3 is 3.00 bits per heavy atom. The van der Waals surface area contributed by atoms with Crippen molar-refractivity contribution >= 4 is 0 Å². The van der Waals surface area contributed by atoms with Gasteiger partial charge in [-0.1, -0.05) is 5.16 Å². The van der Waals surface area contributed by atoms with E-state index in [4.69, 9.17) is 4.52 Å². The third-order valence-corrected chi connectivity index (χ3v) is 3.11. The van der Waals surface area contributed by atoms with E-state index >= 15 is 0 Å². The van der Waals surface area contributed by atoms with Gasteiger partial charge in [-0.3, -0.25) is 4.90 Å². The van der Waals surface area contributed by atoms with Gasteiger partial charge >= 0.3 is 0 Å². The van der Waals surface area contributed by atoms with Gasteiger partial charge in [-0.05, 0) is 6.07 Å². The predicted molar refractivity (Wildman–Crippen MR) is 64.4 cm³/mol. The summed E-state index contributed by atoms with van der Waals surface area (Å²) in [5.74, 6) is 0.879. The summed E-state index contributed by atoms with van der Waals surface area (Å²) in [5, 5.41) is 7.26. The Morgan fingerprint density at radius 1 is 1.35 bits per heavy atom. The maximum Gasteiger partial charge on any atom is 0.172 e. The van der Waals surface area contributed by atoms with Crippen LogP contribution in [0.2, 0.25) is 0 Å². The quantitative estimate of drug-likeness (QED) is 0.831. The van der Waals surface area contributed by atoms with Gasteiger partial charge in [0.15, 0.2) is 5.76 Å². The highest BCUT2D eigenvalue weighted by Gasteiger charge is 2.16. The van der Waals surface area contributed by atoms with Crippen molar-refractivity contribution < 1.29 is 4.52 Å². The van der Waals surface area contributed by atoms with E-state index in [1.807, 2.05) is 24.7 Å². The molecule has 90 valence electrons. The zero-order valence-corrected chi connectivity index (χ0v) is 9.65. The van der Waals surface area contributed by atoms with Crippen molar-refractivity contribution in [2.24, 2.45) is 0 Å². The van der Waals surface area contributed by atoms with Crippen LogP contribution in [0.4, 0.5) is 0 Å². The number of hydrogen-bond acceptors (Lipinski definition) is 4. The fraction of sp³-hybridized carbons (Fsp3) is 0.417. The van der Waals surface area contributed by atoms with Crippen LogP contribution in [0.1, 0.15) is 5.56 Å². The lowest BCUT2D eigenvalue weighted by atomic mass is 10.1. The van der Waals surface area contributed by atoms with Crippen molar-refractivity contribution in [2.45, 2.75) is 6.54 Å². The molecule has 3 rings (SSSR count). The minimum Gasteiger partial charge on any atom is -0.367 e. The maximum absolute atomic E-state index is 5.34. The minimum atomic E-state index is 0.879. The fourth-order valence-electron chi connectivity index (χ4n) is 2.19. The molecule has 0 aliphatic carbocycles. The molecule has 0 spiro atoms. The highest BCUT2D eigenvalue weighted by atomic mass is 16.5. The molecule has 0 aromatic carbocycles. The monoisotopic (exact) mass is 232 g/mol. The number of H-pyrrole nitrogens is 1. The fourth-order valence-corrected chi connectivity index (χ4v) is 2.19. The lowest BCUT2D eigenvalue weighted by Gasteiger charge is -2.26. The summed E-state index contributed by atoms with van der Waals surface area (Å²) in [6.07, 6.45) is 5.65. The van der Waals surface area contributed by atoms with E-state index in [1.54, 1.807) is 0 Å². The Hall–Kier alpha value is -1.59. The van der Waals surface area contributed by atoms with Crippen molar-refractivity contribution in [3.8, 4) is 11.3 Å². The Kier molecular flexibility index (Phi) is 2.94. The van der Waals surface area contributed by atoms with Gasteiger partial charge in [0.25, 0.3) is 0 Å². The molecule has 5 heteroatoms. The molecule has 0 amide bonds. The van der Waals surface area contributed by atoms with Crippen molar-refractivity contribution in [2.75, 3.05) is 26.2 Å². The Balaban J connectivity index is 1.77. The second-order valence-corrected chi connectivity index (χ2v) is 4.31. The number of nitrogens with zero attached hydrogens (tertiary/aromatic N) is 2. The van der Waals surface area contributed by atoms with Crippen molar-refractivity contribution in [1.29, 1.82) is 0 Å². The number of nitrogens with one attached hydrogen (secondary N) is 2. The van der Waals surface area contributed by atoms with Crippen LogP contribution in [0.3, 0.4) is 0 Å². The molecule has 3 heterocycles. The first kappa shape index (κ1) is 10.6. The smallest absolute Gasteiger partial charge is 0.172 e. The Bertz CT molecular complexity index is 457. The molecule has 2 N–H and O–H groups in total. The summed E-state index contributed by atoms with van der Waals surface area (Å²) in [5.41, 5.74) is 2.22. The van der Waals surface area contributed by atoms with Crippen LogP contribution in [0.15, 0.2) is 29.2 Å². The van der Waals surface area contributed by atoms with Gasteiger partial charge in [0.1, 0.15) is 0 Å². The van der Waals surface area contributed by atoms with Gasteiger partial charge in [0.05, 0.1) is 6.20 Å². The zero-order valence-electron chi connectivity index (χ0n) is 9.65. The minimum absolute atomic E-state index is 0.879. The van der Waals surface area contributed by atoms with Gasteiger partial charge in [0, 0.05) is 56.2 Å². The number of hydrogen-bond donors (Lipinski definition) is 2. The molecule has 2 aromatic rings. The normalized spacial score (nSPS) is 17.4. The Labute approximate surface area is 99.8 Å². The van der Waals surface area contributed by atoms with Gasteiger partial charge in [-0.25, -0.2) is 0 Å². The third-order valence-electron chi connectivity index (χ3n) is 3.11. The summed E-state index contributed by atoms with van der Waals surface area (Å²) < 4.78 is 5.34. The molecule has 2 aromatic heterocycles. The molecular weight excluding hydrogens is 216 g/mol. The van der Waals surface area contributed by atoms with E-state index in [0.717, 1.165) is 49.6 Å². The van der Waals surface area contributed by atoms with Crippen LogP contribution in [0.5, 0.6) is 0 Å². The summed E-state index contributed by atoms with van der Waals surface area (Å²) in [6.45, 7) is 5.19. The van der Waals surface area contributed by atoms with Gasteiger partial charge < -0.3 is 14.8 Å². The molecule has 1 aliphatic heterocycles. The first-order chi connectivity index (χ1) is 8.43. The third kappa shape index (κ3) is 2.25. The predicted octanol–water partition coefficient (Wildman–Crippen LogP) is 1.07. The molecule has 0 atom stereocenters. The summed E-state index contributed by atoms with van der Waals surface area (Å²) in [7, 11) is 0. The molecule has 17 heavy (non-hydrogen) atoms.